The minimum atomic E-state index is 0.238. The fourth-order valence-corrected chi connectivity index (χ4v) is 1.03. The Balaban J connectivity index is 2.93. The molecule has 0 aromatic carbocycles. The number of hydrogen-bond acceptors (Lipinski definition) is 2. The van der Waals surface area contributed by atoms with Crippen LogP contribution in [0.3, 0.4) is 0 Å². The number of pyridine rings is 1. The SMILES string of the molecule is Cc1nc(Cl)ccc1C#CCC#N. The van der Waals surface area contributed by atoms with Crippen LogP contribution in [0.1, 0.15) is 17.7 Å². The zero-order valence-corrected chi connectivity index (χ0v) is 7.89. The normalized spacial score (nSPS) is 8.38. The second-order valence-electron chi connectivity index (χ2n) is 2.40. The monoisotopic (exact) mass is 190 g/mol. The molecule has 1 aromatic rings. The molecule has 1 heterocycles. The van der Waals surface area contributed by atoms with Gasteiger partial charge in [0.1, 0.15) is 5.15 Å². The number of aromatic nitrogens is 1. The Bertz CT molecular complexity index is 407. The lowest BCUT2D eigenvalue weighted by Gasteiger charge is -1.95. The van der Waals surface area contributed by atoms with Crippen LogP contribution in [0.25, 0.3) is 0 Å². The lowest BCUT2D eigenvalue weighted by atomic mass is 10.2. The third-order valence-electron chi connectivity index (χ3n) is 1.44. The number of rotatable bonds is 0. The molecule has 0 bridgehead atoms. The highest BCUT2D eigenvalue weighted by atomic mass is 35.5. The fraction of sp³-hybridized carbons (Fsp3) is 0.200. The minimum Gasteiger partial charge on any atom is -0.240 e. The van der Waals surface area contributed by atoms with E-state index in [4.69, 9.17) is 16.9 Å². The summed E-state index contributed by atoms with van der Waals surface area (Å²) in [6, 6.07) is 5.43. The van der Waals surface area contributed by atoms with Crippen molar-refractivity contribution in [3.05, 3.63) is 28.5 Å². The van der Waals surface area contributed by atoms with Crippen molar-refractivity contribution in [2.24, 2.45) is 0 Å². The van der Waals surface area contributed by atoms with Gasteiger partial charge in [-0.05, 0) is 19.1 Å². The first-order valence-corrected chi connectivity index (χ1v) is 4.11. The molecule has 0 aliphatic carbocycles. The summed E-state index contributed by atoms with van der Waals surface area (Å²) in [5.74, 6) is 5.56. The molecule has 1 aromatic heterocycles. The molecular formula is C10H7ClN2. The van der Waals surface area contributed by atoms with Gasteiger partial charge in [-0.15, -0.1) is 0 Å². The van der Waals surface area contributed by atoms with Crippen LogP contribution in [0.4, 0.5) is 0 Å². The van der Waals surface area contributed by atoms with Gasteiger partial charge in [0.2, 0.25) is 0 Å². The summed E-state index contributed by atoms with van der Waals surface area (Å²) in [6.45, 7) is 1.84. The minimum absolute atomic E-state index is 0.238. The van der Waals surface area contributed by atoms with Crippen LogP contribution in [0.5, 0.6) is 0 Å². The van der Waals surface area contributed by atoms with Crippen LogP contribution >= 0.6 is 11.6 Å². The predicted octanol–water partition coefficient (Wildman–Crippen LogP) is 2.31. The molecule has 0 saturated heterocycles. The molecule has 0 fully saturated rings. The number of nitriles is 1. The van der Waals surface area contributed by atoms with Crippen molar-refractivity contribution >= 4 is 11.6 Å². The molecule has 1 rings (SSSR count). The summed E-state index contributed by atoms with van der Waals surface area (Å²) >= 11 is 5.67. The number of hydrogen-bond donors (Lipinski definition) is 0. The zero-order valence-electron chi connectivity index (χ0n) is 7.13. The van der Waals surface area contributed by atoms with Crippen molar-refractivity contribution in [1.29, 1.82) is 5.26 Å². The second-order valence-corrected chi connectivity index (χ2v) is 2.79. The first-order chi connectivity index (χ1) is 6.24. The van der Waals surface area contributed by atoms with Crippen molar-refractivity contribution < 1.29 is 0 Å². The predicted molar refractivity (Wildman–Crippen MR) is 51.1 cm³/mol. The number of halogens is 1. The number of aryl methyl sites for hydroxylation is 1. The van der Waals surface area contributed by atoms with E-state index in [1.807, 2.05) is 13.0 Å². The summed E-state index contributed by atoms with van der Waals surface area (Å²) in [7, 11) is 0. The Morgan fingerprint density at radius 1 is 1.54 bits per heavy atom. The molecule has 13 heavy (non-hydrogen) atoms. The van der Waals surface area contributed by atoms with Gasteiger partial charge >= 0.3 is 0 Å². The van der Waals surface area contributed by atoms with Gasteiger partial charge < -0.3 is 0 Å². The van der Waals surface area contributed by atoms with Crippen LogP contribution in [-0.2, 0) is 0 Å². The van der Waals surface area contributed by atoms with Gasteiger partial charge in [0.05, 0.1) is 18.2 Å². The van der Waals surface area contributed by atoms with Crippen molar-refractivity contribution in [3.63, 3.8) is 0 Å². The summed E-state index contributed by atoms with van der Waals surface area (Å²) in [5, 5.41) is 8.73. The number of nitrogens with zero attached hydrogens (tertiary/aromatic N) is 2. The van der Waals surface area contributed by atoms with E-state index in [1.165, 1.54) is 0 Å². The molecule has 64 valence electrons. The third-order valence-corrected chi connectivity index (χ3v) is 1.65. The Kier molecular flexibility index (Phi) is 3.31. The largest absolute Gasteiger partial charge is 0.240 e. The van der Waals surface area contributed by atoms with Gasteiger partial charge in [-0.25, -0.2) is 4.98 Å². The molecule has 0 unspecified atom stereocenters. The van der Waals surface area contributed by atoms with Gasteiger partial charge in [0, 0.05) is 5.56 Å². The highest BCUT2D eigenvalue weighted by Gasteiger charge is 1.95. The Labute approximate surface area is 82.2 Å². The van der Waals surface area contributed by atoms with E-state index >= 15 is 0 Å². The van der Waals surface area contributed by atoms with E-state index in [1.54, 1.807) is 12.1 Å². The van der Waals surface area contributed by atoms with Gasteiger partial charge in [-0.1, -0.05) is 23.4 Å². The Hall–Kier alpha value is -1.51. The molecular weight excluding hydrogens is 184 g/mol. The average molecular weight is 191 g/mol. The van der Waals surface area contributed by atoms with Gasteiger partial charge in [-0.3, -0.25) is 0 Å². The van der Waals surface area contributed by atoms with E-state index in [0.717, 1.165) is 11.3 Å². The lowest BCUT2D eigenvalue weighted by molar-refractivity contribution is 1.19. The first kappa shape index (κ1) is 9.58. The van der Waals surface area contributed by atoms with Gasteiger partial charge in [-0.2, -0.15) is 5.26 Å². The highest BCUT2D eigenvalue weighted by Crippen LogP contribution is 2.09. The van der Waals surface area contributed by atoms with Crippen LogP contribution in [0.15, 0.2) is 12.1 Å². The summed E-state index contributed by atoms with van der Waals surface area (Å²) in [6.07, 6.45) is 0.238. The Morgan fingerprint density at radius 2 is 2.31 bits per heavy atom. The smallest absolute Gasteiger partial charge is 0.129 e. The highest BCUT2D eigenvalue weighted by molar-refractivity contribution is 6.29. The summed E-state index contributed by atoms with van der Waals surface area (Å²) in [4.78, 5) is 4.03. The molecule has 0 N–H and O–H groups in total. The third kappa shape index (κ3) is 2.78. The Morgan fingerprint density at radius 3 is 2.92 bits per heavy atom. The molecule has 0 spiro atoms. The molecule has 3 heteroatoms. The van der Waals surface area contributed by atoms with Crippen molar-refractivity contribution in [2.75, 3.05) is 0 Å². The molecule has 0 aliphatic rings. The molecule has 0 radical (unpaired) electrons. The van der Waals surface area contributed by atoms with Crippen LogP contribution in [0, 0.1) is 30.1 Å². The summed E-state index contributed by atoms with van der Waals surface area (Å²) < 4.78 is 0. The average Bonchev–Trinajstić information content (AvgIpc) is 2.09. The molecule has 0 aliphatic heterocycles. The van der Waals surface area contributed by atoms with Crippen LogP contribution < -0.4 is 0 Å². The molecule has 0 atom stereocenters. The van der Waals surface area contributed by atoms with E-state index < -0.39 is 0 Å². The second kappa shape index (κ2) is 4.50. The quantitative estimate of drug-likeness (QED) is 0.465. The van der Waals surface area contributed by atoms with Crippen molar-refractivity contribution in [3.8, 4) is 17.9 Å². The van der Waals surface area contributed by atoms with E-state index in [2.05, 4.69) is 16.8 Å². The summed E-state index contributed by atoms with van der Waals surface area (Å²) in [5.41, 5.74) is 1.61. The van der Waals surface area contributed by atoms with E-state index in [-0.39, 0.29) is 6.42 Å². The fourth-order valence-electron chi connectivity index (χ4n) is 0.841. The first-order valence-electron chi connectivity index (χ1n) is 3.73. The van der Waals surface area contributed by atoms with Crippen LogP contribution in [0.2, 0.25) is 5.15 Å². The standard InChI is InChI=1S/C10H7ClN2/c1-8-9(4-2-3-7-12)5-6-10(11)13-8/h5-6H,3H2,1H3. The van der Waals surface area contributed by atoms with E-state index in [9.17, 15) is 0 Å². The maximum Gasteiger partial charge on any atom is 0.129 e. The topological polar surface area (TPSA) is 36.7 Å². The van der Waals surface area contributed by atoms with Gasteiger partial charge in [0.25, 0.3) is 0 Å². The zero-order chi connectivity index (χ0) is 9.68. The van der Waals surface area contributed by atoms with Crippen molar-refractivity contribution in [2.45, 2.75) is 13.3 Å². The molecule has 2 nitrogen and oxygen atoms in total. The van der Waals surface area contributed by atoms with Crippen molar-refractivity contribution in [1.82, 2.24) is 4.98 Å². The van der Waals surface area contributed by atoms with E-state index in [0.29, 0.717) is 5.15 Å². The van der Waals surface area contributed by atoms with Crippen LogP contribution in [-0.4, -0.2) is 4.98 Å². The van der Waals surface area contributed by atoms with Gasteiger partial charge in [0.15, 0.2) is 0 Å². The maximum absolute atomic E-state index is 8.27. The lowest BCUT2D eigenvalue weighted by Crippen LogP contribution is -1.86. The maximum atomic E-state index is 8.27. The molecule has 0 amide bonds. The molecule has 0 saturated carbocycles.